The average Bonchev–Trinajstić information content (AvgIpc) is 2.95. The molecule has 0 aliphatic rings. The van der Waals surface area contributed by atoms with Gasteiger partial charge in [0.2, 0.25) is 0 Å². The maximum absolute atomic E-state index is 5.74. The molecule has 6 heteroatoms. The van der Waals surface area contributed by atoms with Crippen LogP contribution in [0.1, 0.15) is 146 Å². The lowest BCUT2D eigenvalue weighted by Gasteiger charge is -2.30. The van der Waals surface area contributed by atoms with Gasteiger partial charge in [0.25, 0.3) is 0 Å². The highest BCUT2D eigenvalue weighted by atomic mass is 16.5. The summed E-state index contributed by atoms with van der Waals surface area (Å²) in [6.07, 6.45) is 13.9. The summed E-state index contributed by atoms with van der Waals surface area (Å²) in [7, 11) is 0. The van der Waals surface area contributed by atoms with Crippen molar-refractivity contribution < 1.29 is 14.2 Å². The summed E-state index contributed by atoms with van der Waals surface area (Å²) in [6.45, 7) is 29.5. The largest absolute Gasteiger partial charge is 0.381 e. The molecule has 0 radical (unpaired) electrons. The van der Waals surface area contributed by atoms with Crippen molar-refractivity contribution in [3.63, 3.8) is 0 Å². The molecule has 0 aromatic heterocycles. The predicted octanol–water partition coefficient (Wildman–Crippen LogP) is 8.35. The van der Waals surface area contributed by atoms with Crippen molar-refractivity contribution in [3.8, 4) is 0 Å². The van der Waals surface area contributed by atoms with Gasteiger partial charge in [-0.2, -0.15) is 0 Å². The molecule has 0 fully saturated rings. The second kappa shape index (κ2) is 40.9. The third kappa shape index (κ3) is 44.8. The van der Waals surface area contributed by atoms with E-state index >= 15 is 0 Å². The van der Waals surface area contributed by atoms with E-state index in [1.807, 2.05) is 13.8 Å². The summed E-state index contributed by atoms with van der Waals surface area (Å²) >= 11 is 0. The van der Waals surface area contributed by atoms with Gasteiger partial charge in [0.1, 0.15) is 0 Å². The number of ether oxygens (including phenoxy) is 3. The summed E-state index contributed by atoms with van der Waals surface area (Å²) in [5.74, 6) is 1.63. The Bertz CT molecular complexity index is 414. The summed E-state index contributed by atoms with van der Waals surface area (Å²) in [6, 6.07) is 0. The summed E-state index contributed by atoms with van der Waals surface area (Å²) in [5, 5.41) is 3.71. The Morgan fingerprint density at radius 2 is 1.07 bits per heavy atom. The fraction of sp³-hybridized carbons (Fsp3) is 1.00. The zero-order chi connectivity index (χ0) is 31.3. The molecule has 0 saturated carbocycles. The molecule has 2 unspecified atom stereocenters. The first-order valence-electron chi connectivity index (χ1n) is 17.1. The highest BCUT2D eigenvalue weighted by Crippen LogP contribution is 2.16. The third-order valence-electron chi connectivity index (χ3n) is 6.55. The highest BCUT2D eigenvalue weighted by molar-refractivity contribution is 4.81. The summed E-state index contributed by atoms with van der Waals surface area (Å²) in [4.78, 5) is 0. The average molecular weight is 578 g/mol. The summed E-state index contributed by atoms with van der Waals surface area (Å²) < 4.78 is 16.7. The molecule has 0 amide bonds. The van der Waals surface area contributed by atoms with E-state index in [9.17, 15) is 0 Å². The van der Waals surface area contributed by atoms with E-state index in [2.05, 4.69) is 60.7 Å². The molecule has 0 aromatic rings. The Morgan fingerprint density at radius 3 is 1.50 bits per heavy atom. The summed E-state index contributed by atoms with van der Waals surface area (Å²) in [5.41, 5.74) is 11.0. The highest BCUT2D eigenvalue weighted by Gasteiger charge is 2.20. The van der Waals surface area contributed by atoms with Gasteiger partial charge in [0.15, 0.2) is 0 Å². The minimum atomic E-state index is 0.216. The second-order valence-corrected chi connectivity index (χ2v) is 11.3. The fourth-order valence-electron chi connectivity index (χ4n) is 3.53. The number of nitrogens with two attached hydrogens (primary N) is 2. The SMILES string of the molecule is CC.CC(C)CCCOCCCN.CCC.CCC(C)CCCOCCCNC(C)(CC)CCCOCCCN. The van der Waals surface area contributed by atoms with Crippen LogP contribution in [0.25, 0.3) is 0 Å². The fourth-order valence-corrected chi connectivity index (χ4v) is 3.53. The van der Waals surface area contributed by atoms with E-state index in [1.165, 1.54) is 38.5 Å². The van der Waals surface area contributed by atoms with E-state index in [0.717, 1.165) is 103 Å². The van der Waals surface area contributed by atoms with Gasteiger partial charge in [-0.3, -0.25) is 0 Å². The first kappa shape index (κ1) is 46.7. The molecule has 0 spiro atoms. The molecule has 40 heavy (non-hydrogen) atoms. The van der Waals surface area contributed by atoms with Gasteiger partial charge >= 0.3 is 0 Å². The molecule has 6 nitrogen and oxygen atoms in total. The van der Waals surface area contributed by atoms with Crippen LogP contribution in [-0.4, -0.2) is 64.8 Å². The van der Waals surface area contributed by atoms with Crippen LogP contribution in [0.5, 0.6) is 0 Å². The second-order valence-electron chi connectivity index (χ2n) is 11.3. The molecule has 0 heterocycles. The lowest BCUT2D eigenvalue weighted by atomic mass is 9.93. The lowest BCUT2D eigenvalue weighted by Crippen LogP contribution is -2.42. The van der Waals surface area contributed by atoms with Gasteiger partial charge in [-0.25, -0.2) is 0 Å². The van der Waals surface area contributed by atoms with E-state index < -0.39 is 0 Å². The molecular weight excluding hydrogens is 498 g/mol. The van der Waals surface area contributed by atoms with Crippen LogP contribution >= 0.6 is 0 Å². The van der Waals surface area contributed by atoms with Crippen LogP contribution < -0.4 is 16.8 Å². The van der Waals surface area contributed by atoms with Crippen molar-refractivity contribution in [2.24, 2.45) is 23.3 Å². The maximum atomic E-state index is 5.74. The Hall–Kier alpha value is -0.240. The molecule has 248 valence electrons. The van der Waals surface area contributed by atoms with Crippen LogP contribution in [0.4, 0.5) is 0 Å². The molecule has 0 saturated heterocycles. The Balaban J connectivity index is -0.000000335. The molecule has 0 aliphatic carbocycles. The van der Waals surface area contributed by atoms with Gasteiger partial charge in [-0.05, 0) is 103 Å². The van der Waals surface area contributed by atoms with Gasteiger partial charge in [-0.15, -0.1) is 0 Å². The van der Waals surface area contributed by atoms with Crippen LogP contribution in [0, 0.1) is 11.8 Å². The predicted molar refractivity (Wildman–Crippen MR) is 180 cm³/mol. The zero-order valence-corrected chi connectivity index (χ0v) is 29.4. The Labute approximate surface area is 253 Å². The van der Waals surface area contributed by atoms with Gasteiger partial charge in [-0.1, -0.05) is 75.2 Å². The van der Waals surface area contributed by atoms with E-state index in [0.29, 0.717) is 6.54 Å². The lowest BCUT2D eigenvalue weighted by molar-refractivity contribution is 0.116. The van der Waals surface area contributed by atoms with Gasteiger partial charge in [0, 0.05) is 45.2 Å². The maximum Gasteiger partial charge on any atom is 0.0478 e. The standard InChI is InChI=1S/C20H44N2O2.C9H21NO.C3H8.C2H6/c1-5-19(3)11-7-15-23-18-10-14-22-20(4,6-2)12-8-16-24-17-9-13-21;1-9(2)5-3-7-11-8-4-6-10;1-3-2;1-2/h19,22H,5-18,21H2,1-4H3;9H,3-8,10H2,1-2H3;3H2,1-2H3;1-2H3. The van der Waals surface area contributed by atoms with Gasteiger partial charge in [0.05, 0.1) is 0 Å². The molecule has 0 bridgehead atoms. The van der Waals surface area contributed by atoms with Gasteiger partial charge < -0.3 is 31.0 Å². The molecule has 0 rings (SSSR count). The Morgan fingerprint density at radius 1 is 0.650 bits per heavy atom. The number of hydrogen-bond acceptors (Lipinski definition) is 6. The van der Waals surface area contributed by atoms with Crippen molar-refractivity contribution in [2.75, 3.05) is 59.3 Å². The van der Waals surface area contributed by atoms with E-state index in [-0.39, 0.29) is 5.54 Å². The molecular formula is C34H79N3O3. The Kier molecular flexibility index (Phi) is 47.8. The van der Waals surface area contributed by atoms with Crippen LogP contribution in [-0.2, 0) is 14.2 Å². The zero-order valence-electron chi connectivity index (χ0n) is 29.4. The third-order valence-corrected chi connectivity index (χ3v) is 6.55. The van der Waals surface area contributed by atoms with Crippen molar-refractivity contribution in [1.82, 2.24) is 5.32 Å². The molecule has 2 atom stereocenters. The molecule has 5 N–H and O–H groups in total. The normalized spacial score (nSPS) is 12.8. The van der Waals surface area contributed by atoms with Crippen molar-refractivity contribution >= 4 is 0 Å². The monoisotopic (exact) mass is 578 g/mol. The number of rotatable bonds is 25. The van der Waals surface area contributed by atoms with Crippen LogP contribution in [0.3, 0.4) is 0 Å². The molecule has 0 aliphatic heterocycles. The molecule has 0 aromatic carbocycles. The van der Waals surface area contributed by atoms with Crippen molar-refractivity contribution in [1.29, 1.82) is 0 Å². The minimum Gasteiger partial charge on any atom is -0.381 e. The van der Waals surface area contributed by atoms with E-state index in [1.54, 1.807) is 0 Å². The first-order chi connectivity index (χ1) is 19.3. The van der Waals surface area contributed by atoms with E-state index in [4.69, 9.17) is 25.7 Å². The number of nitrogens with one attached hydrogen (secondary N) is 1. The number of hydrogen-bond donors (Lipinski definition) is 3. The smallest absolute Gasteiger partial charge is 0.0478 e. The minimum absolute atomic E-state index is 0.216. The first-order valence-corrected chi connectivity index (χ1v) is 17.1. The quantitative estimate of drug-likeness (QED) is 0.0944. The topological polar surface area (TPSA) is 91.8 Å². The van der Waals surface area contributed by atoms with Crippen molar-refractivity contribution in [3.05, 3.63) is 0 Å². The van der Waals surface area contributed by atoms with Crippen LogP contribution in [0.15, 0.2) is 0 Å². The van der Waals surface area contributed by atoms with Crippen LogP contribution in [0.2, 0.25) is 0 Å². The van der Waals surface area contributed by atoms with Crippen molar-refractivity contribution in [2.45, 2.75) is 152 Å².